The van der Waals surface area contributed by atoms with Gasteiger partial charge in [-0.1, -0.05) is 23.7 Å². The maximum absolute atomic E-state index is 13.1. The fourth-order valence-corrected chi connectivity index (χ4v) is 4.61. The summed E-state index contributed by atoms with van der Waals surface area (Å²) in [7, 11) is 0. The fraction of sp³-hybridized carbons (Fsp3) is 0.308. The Labute approximate surface area is 204 Å². The molecular formula is C26H27ClN4O3. The summed E-state index contributed by atoms with van der Waals surface area (Å²) >= 11 is 6.32. The smallest absolute Gasteiger partial charge is 0.255 e. The van der Waals surface area contributed by atoms with Gasteiger partial charge in [-0.15, -0.1) is 0 Å². The topological polar surface area (TPSA) is 66.9 Å². The number of halogens is 1. The van der Waals surface area contributed by atoms with Crippen LogP contribution in [0.15, 0.2) is 60.9 Å². The molecule has 3 aromatic rings. The van der Waals surface area contributed by atoms with Crippen LogP contribution in [0.5, 0.6) is 11.5 Å². The molecule has 0 atom stereocenters. The van der Waals surface area contributed by atoms with E-state index in [1.165, 1.54) is 5.56 Å². The van der Waals surface area contributed by atoms with Crippen molar-refractivity contribution in [3.05, 3.63) is 77.1 Å². The Kier molecular flexibility index (Phi) is 6.83. The molecule has 2 aliphatic heterocycles. The molecule has 2 aliphatic rings. The molecule has 2 aromatic carbocycles. The molecule has 3 heterocycles. The molecule has 176 valence electrons. The number of hydrogen-bond acceptors (Lipinski definition) is 6. The first-order chi connectivity index (χ1) is 16.7. The van der Waals surface area contributed by atoms with Crippen molar-refractivity contribution < 1.29 is 14.3 Å². The van der Waals surface area contributed by atoms with Gasteiger partial charge in [0.1, 0.15) is 13.2 Å². The van der Waals surface area contributed by atoms with Crippen molar-refractivity contribution in [3.63, 3.8) is 0 Å². The van der Waals surface area contributed by atoms with Gasteiger partial charge < -0.3 is 19.7 Å². The molecule has 1 amide bonds. The minimum atomic E-state index is -0.234. The van der Waals surface area contributed by atoms with E-state index in [2.05, 4.69) is 38.3 Å². The van der Waals surface area contributed by atoms with Gasteiger partial charge in [-0.2, -0.15) is 0 Å². The van der Waals surface area contributed by atoms with Crippen molar-refractivity contribution in [2.45, 2.75) is 6.42 Å². The third kappa shape index (κ3) is 5.11. The Hall–Kier alpha value is -3.29. The molecule has 1 saturated heterocycles. The summed E-state index contributed by atoms with van der Waals surface area (Å²) in [6.45, 7) is 5.67. The van der Waals surface area contributed by atoms with Crippen molar-refractivity contribution in [2.75, 3.05) is 56.2 Å². The highest BCUT2D eigenvalue weighted by molar-refractivity contribution is 6.32. The van der Waals surface area contributed by atoms with Crippen LogP contribution in [0.1, 0.15) is 15.9 Å². The third-order valence-corrected chi connectivity index (χ3v) is 6.47. The van der Waals surface area contributed by atoms with Crippen LogP contribution in [0.25, 0.3) is 0 Å². The molecule has 0 radical (unpaired) electrons. The number of nitrogens with one attached hydrogen (secondary N) is 1. The number of rotatable bonds is 6. The van der Waals surface area contributed by atoms with E-state index < -0.39 is 0 Å². The zero-order valence-electron chi connectivity index (χ0n) is 18.9. The Morgan fingerprint density at radius 1 is 1.00 bits per heavy atom. The predicted molar refractivity (Wildman–Crippen MR) is 133 cm³/mol. The van der Waals surface area contributed by atoms with Gasteiger partial charge >= 0.3 is 0 Å². The summed E-state index contributed by atoms with van der Waals surface area (Å²) in [5, 5.41) is 3.43. The number of piperazine rings is 1. The number of anilines is 2. The Morgan fingerprint density at radius 2 is 1.76 bits per heavy atom. The van der Waals surface area contributed by atoms with Crippen LogP contribution >= 0.6 is 11.6 Å². The minimum absolute atomic E-state index is 0.234. The molecular weight excluding hydrogens is 452 g/mol. The van der Waals surface area contributed by atoms with Crippen LogP contribution in [-0.2, 0) is 6.42 Å². The van der Waals surface area contributed by atoms with Crippen LogP contribution in [0.4, 0.5) is 11.4 Å². The number of fused-ring (bicyclic) bond motifs is 1. The molecule has 0 aliphatic carbocycles. The number of ether oxygens (including phenoxy) is 2. The average molecular weight is 479 g/mol. The molecule has 1 fully saturated rings. The Balaban J connectivity index is 1.23. The zero-order valence-corrected chi connectivity index (χ0v) is 19.6. The normalized spacial score (nSPS) is 15.7. The maximum Gasteiger partial charge on any atom is 0.255 e. The minimum Gasteiger partial charge on any atom is -0.486 e. The summed E-state index contributed by atoms with van der Waals surface area (Å²) in [5.74, 6) is 0.758. The number of benzene rings is 2. The third-order valence-electron chi connectivity index (χ3n) is 6.19. The summed E-state index contributed by atoms with van der Waals surface area (Å²) in [6, 6.07) is 15.4. The largest absolute Gasteiger partial charge is 0.486 e. The highest BCUT2D eigenvalue weighted by Crippen LogP contribution is 2.38. The SMILES string of the molecule is O=C(Nc1ccccc1N1CCN(CCc2ccncc2)CC1)c1cc(Cl)c2c(c1)OCCO2. The van der Waals surface area contributed by atoms with Crippen molar-refractivity contribution in [2.24, 2.45) is 0 Å². The lowest BCUT2D eigenvalue weighted by atomic mass is 10.1. The van der Waals surface area contributed by atoms with Gasteiger partial charge in [0.05, 0.1) is 16.4 Å². The van der Waals surface area contributed by atoms with Gasteiger partial charge in [0.25, 0.3) is 5.91 Å². The second-order valence-corrected chi connectivity index (χ2v) is 8.79. The number of hydrogen-bond donors (Lipinski definition) is 1. The second-order valence-electron chi connectivity index (χ2n) is 8.39. The molecule has 7 nitrogen and oxygen atoms in total. The van der Waals surface area contributed by atoms with Gasteiger partial charge in [-0.05, 0) is 48.4 Å². The first kappa shape index (κ1) is 22.5. The molecule has 0 unspecified atom stereocenters. The standard InChI is InChI=1S/C26H27ClN4O3/c27-21-17-20(18-24-25(21)34-16-15-33-24)26(32)29-22-3-1-2-4-23(22)31-13-11-30(12-14-31)10-7-19-5-8-28-9-6-19/h1-6,8-9,17-18H,7,10-16H2,(H,29,32). The van der Waals surface area contributed by atoms with E-state index in [1.54, 1.807) is 12.1 Å². The lowest BCUT2D eigenvalue weighted by molar-refractivity contribution is 0.102. The molecule has 0 bridgehead atoms. The number of nitrogens with zero attached hydrogens (tertiary/aromatic N) is 3. The summed E-state index contributed by atoms with van der Waals surface area (Å²) in [6.07, 6.45) is 4.71. The first-order valence-corrected chi connectivity index (χ1v) is 11.9. The first-order valence-electron chi connectivity index (χ1n) is 11.5. The summed E-state index contributed by atoms with van der Waals surface area (Å²) in [4.78, 5) is 22.0. The van der Waals surface area contributed by atoms with Crippen molar-refractivity contribution in [1.82, 2.24) is 9.88 Å². The monoisotopic (exact) mass is 478 g/mol. The van der Waals surface area contributed by atoms with E-state index in [0.29, 0.717) is 35.3 Å². The van der Waals surface area contributed by atoms with Crippen LogP contribution in [-0.4, -0.2) is 61.7 Å². The Morgan fingerprint density at radius 3 is 2.59 bits per heavy atom. The lowest BCUT2D eigenvalue weighted by Crippen LogP contribution is -2.47. The van der Waals surface area contributed by atoms with Gasteiger partial charge in [-0.25, -0.2) is 0 Å². The molecule has 1 aromatic heterocycles. The number of para-hydroxylation sites is 2. The van der Waals surface area contributed by atoms with E-state index in [-0.39, 0.29) is 5.91 Å². The molecule has 1 N–H and O–H groups in total. The molecule has 8 heteroatoms. The summed E-state index contributed by atoms with van der Waals surface area (Å²) < 4.78 is 11.2. The van der Waals surface area contributed by atoms with E-state index >= 15 is 0 Å². The van der Waals surface area contributed by atoms with Crippen molar-refractivity contribution in [3.8, 4) is 11.5 Å². The van der Waals surface area contributed by atoms with Crippen molar-refractivity contribution in [1.29, 1.82) is 0 Å². The van der Waals surface area contributed by atoms with E-state index in [1.807, 2.05) is 30.6 Å². The van der Waals surface area contributed by atoms with E-state index in [0.717, 1.165) is 50.5 Å². The zero-order chi connectivity index (χ0) is 23.3. The van der Waals surface area contributed by atoms with Crippen LogP contribution in [0, 0.1) is 0 Å². The van der Waals surface area contributed by atoms with E-state index in [4.69, 9.17) is 21.1 Å². The van der Waals surface area contributed by atoms with Crippen LogP contribution < -0.4 is 19.7 Å². The second kappa shape index (κ2) is 10.3. The van der Waals surface area contributed by atoms with Gasteiger partial charge in [0, 0.05) is 50.7 Å². The Bertz CT molecular complexity index is 1150. The lowest BCUT2D eigenvalue weighted by Gasteiger charge is -2.37. The molecule has 5 rings (SSSR count). The number of pyridine rings is 1. The quantitative estimate of drug-likeness (QED) is 0.574. The van der Waals surface area contributed by atoms with Crippen LogP contribution in [0.2, 0.25) is 5.02 Å². The molecule has 34 heavy (non-hydrogen) atoms. The number of amides is 1. The average Bonchev–Trinajstić information content (AvgIpc) is 2.89. The van der Waals surface area contributed by atoms with Gasteiger partial charge in [0.2, 0.25) is 0 Å². The fourth-order valence-electron chi connectivity index (χ4n) is 4.34. The summed E-state index contributed by atoms with van der Waals surface area (Å²) in [5.41, 5.74) is 3.55. The number of aromatic nitrogens is 1. The van der Waals surface area contributed by atoms with Gasteiger partial charge in [-0.3, -0.25) is 14.7 Å². The molecule has 0 saturated carbocycles. The number of carbonyl (C=O) groups is 1. The van der Waals surface area contributed by atoms with Crippen LogP contribution in [0.3, 0.4) is 0 Å². The molecule has 0 spiro atoms. The van der Waals surface area contributed by atoms with Crippen molar-refractivity contribution >= 4 is 28.9 Å². The highest BCUT2D eigenvalue weighted by Gasteiger charge is 2.22. The maximum atomic E-state index is 13.1. The van der Waals surface area contributed by atoms with Gasteiger partial charge in [0.15, 0.2) is 11.5 Å². The van der Waals surface area contributed by atoms with E-state index in [9.17, 15) is 4.79 Å². The number of carbonyl (C=O) groups excluding carboxylic acids is 1. The predicted octanol–water partition coefficient (Wildman–Crippen LogP) is 4.12. The highest BCUT2D eigenvalue weighted by atomic mass is 35.5.